The molecule has 0 aliphatic heterocycles. The first-order chi connectivity index (χ1) is 6.77. The smallest absolute Gasteiger partial charge is 0.318 e. The van der Waals surface area contributed by atoms with E-state index in [9.17, 15) is 4.79 Å². The summed E-state index contributed by atoms with van der Waals surface area (Å²) in [7, 11) is 0. The maximum absolute atomic E-state index is 11.6. The van der Waals surface area contributed by atoms with Gasteiger partial charge in [0.15, 0.2) is 0 Å². The number of rotatable bonds is 4. The van der Waals surface area contributed by atoms with Crippen LogP contribution in [-0.2, 0) is 0 Å². The van der Waals surface area contributed by atoms with Gasteiger partial charge in [0.05, 0.1) is 6.54 Å². The predicted octanol–water partition coefficient (Wildman–Crippen LogP) is 1.59. The third-order valence-electron chi connectivity index (χ3n) is 2.50. The third kappa shape index (κ3) is 2.95. The zero-order valence-electron chi connectivity index (χ0n) is 8.75. The number of carbonyl (C=O) groups excluding carboxylic acids is 1. The minimum atomic E-state index is -0.00509. The van der Waals surface area contributed by atoms with E-state index in [0.29, 0.717) is 12.6 Å². The molecular formula is C11H18N2O. The van der Waals surface area contributed by atoms with Gasteiger partial charge in [-0.05, 0) is 25.7 Å². The summed E-state index contributed by atoms with van der Waals surface area (Å²) in [6.07, 6.45) is 9.60. The quantitative estimate of drug-likeness (QED) is 0.677. The lowest BCUT2D eigenvalue weighted by atomic mass is 9.93. The van der Waals surface area contributed by atoms with Gasteiger partial charge in [-0.2, -0.15) is 0 Å². The van der Waals surface area contributed by atoms with Gasteiger partial charge in [-0.3, -0.25) is 0 Å². The Labute approximate surface area is 85.9 Å². The van der Waals surface area contributed by atoms with E-state index in [1.807, 2.05) is 6.92 Å². The van der Waals surface area contributed by atoms with Crippen LogP contribution in [0.3, 0.4) is 0 Å². The molecule has 78 valence electrons. The van der Waals surface area contributed by atoms with E-state index in [1.54, 1.807) is 4.90 Å². The van der Waals surface area contributed by atoms with Crippen LogP contribution in [0.2, 0.25) is 0 Å². The molecule has 0 saturated heterocycles. The molecule has 1 N–H and O–H groups in total. The number of urea groups is 1. The molecule has 1 saturated carbocycles. The second-order valence-corrected chi connectivity index (χ2v) is 3.70. The van der Waals surface area contributed by atoms with E-state index in [4.69, 9.17) is 6.42 Å². The van der Waals surface area contributed by atoms with Crippen molar-refractivity contribution in [3.63, 3.8) is 0 Å². The highest BCUT2D eigenvalue weighted by Gasteiger charge is 2.21. The van der Waals surface area contributed by atoms with E-state index in [1.165, 1.54) is 6.42 Å². The maximum Gasteiger partial charge on any atom is 0.318 e. The van der Waals surface area contributed by atoms with Crippen LogP contribution in [0.15, 0.2) is 0 Å². The molecule has 1 aliphatic carbocycles. The molecule has 1 aliphatic rings. The second kappa shape index (κ2) is 5.54. The summed E-state index contributed by atoms with van der Waals surface area (Å²) in [6.45, 7) is 3.19. The van der Waals surface area contributed by atoms with E-state index < -0.39 is 0 Å². The first-order valence-corrected chi connectivity index (χ1v) is 5.26. The van der Waals surface area contributed by atoms with Gasteiger partial charge in [0.2, 0.25) is 0 Å². The molecule has 3 heteroatoms. The molecule has 1 rings (SSSR count). The summed E-state index contributed by atoms with van der Waals surface area (Å²) in [6, 6.07) is 0.383. The molecule has 0 aromatic rings. The Kier molecular flexibility index (Phi) is 4.31. The molecule has 0 aromatic carbocycles. The fourth-order valence-electron chi connectivity index (χ4n) is 1.45. The van der Waals surface area contributed by atoms with Gasteiger partial charge in [0.25, 0.3) is 0 Å². The van der Waals surface area contributed by atoms with Crippen LogP contribution in [0.4, 0.5) is 4.79 Å². The van der Waals surface area contributed by atoms with Crippen LogP contribution >= 0.6 is 0 Å². The van der Waals surface area contributed by atoms with Crippen molar-refractivity contribution in [1.29, 1.82) is 0 Å². The van der Waals surface area contributed by atoms with Crippen molar-refractivity contribution < 1.29 is 4.79 Å². The van der Waals surface area contributed by atoms with Crippen LogP contribution in [0.5, 0.6) is 0 Å². The zero-order valence-corrected chi connectivity index (χ0v) is 8.75. The van der Waals surface area contributed by atoms with Gasteiger partial charge in [-0.15, -0.1) is 6.42 Å². The molecule has 2 amide bonds. The molecule has 14 heavy (non-hydrogen) atoms. The Bertz CT molecular complexity index is 228. The largest absolute Gasteiger partial charge is 0.335 e. The van der Waals surface area contributed by atoms with E-state index >= 15 is 0 Å². The standard InChI is InChI=1S/C11H18N2O/c1-3-8-13(9-4-2)11(14)12-10-6-5-7-10/h1,10H,4-9H2,2H3,(H,12,14). The van der Waals surface area contributed by atoms with Gasteiger partial charge < -0.3 is 10.2 Å². The van der Waals surface area contributed by atoms with Gasteiger partial charge in [0.1, 0.15) is 0 Å². The summed E-state index contributed by atoms with van der Waals surface area (Å²) >= 11 is 0. The minimum absolute atomic E-state index is 0.00509. The topological polar surface area (TPSA) is 32.3 Å². The van der Waals surface area contributed by atoms with Crippen molar-refractivity contribution in [1.82, 2.24) is 10.2 Å². The van der Waals surface area contributed by atoms with Crippen molar-refractivity contribution in [2.75, 3.05) is 13.1 Å². The van der Waals surface area contributed by atoms with Crippen molar-refractivity contribution in [3.05, 3.63) is 0 Å². The summed E-state index contributed by atoms with van der Waals surface area (Å²) in [4.78, 5) is 13.3. The highest BCUT2D eigenvalue weighted by molar-refractivity contribution is 5.74. The lowest BCUT2D eigenvalue weighted by Gasteiger charge is -2.29. The number of carbonyl (C=O) groups is 1. The van der Waals surface area contributed by atoms with Crippen LogP contribution in [0.1, 0.15) is 32.6 Å². The predicted molar refractivity (Wildman–Crippen MR) is 56.9 cm³/mol. The molecule has 1 fully saturated rings. The summed E-state index contributed by atoms with van der Waals surface area (Å²) in [5.74, 6) is 2.51. The second-order valence-electron chi connectivity index (χ2n) is 3.70. The van der Waals surface area contributed by atoms with Gasteiger partial charge in [-0.1, -0.05) is 12.8 Å². The molecule has 0 atom stereocenters. The van der Waals surface area contributed by atoms with Crippen molar-refractivity contribution in [3.8, 4) is 12.3 Å². The number of terminal acetylenes is 1. The van der Waals surface area contributed by atoms with E-state index in [-0.39, 0.29) is 6.03 Å². The number of nitrogens with zero attached hydrogens (tertiary/aromatic N) is 1. The molecule has 0 aromatic heterocycles. The highest BCUT2D eigenvalue weighted by Crippen LogP contribution is 2.18. The van der Waals surface area contributed by atoms with Crippen molar-refractivity contribution >= 4 is 6.03 Å². The van der Waals surface area contributed by atoms with Crippen molar-refractivity contribution in [2.45, 2.75) is 38.6 Å². The lowest BCUT2D eigenvalue weighted by Crippen LogP contribution is -2.47. The van der Waals surface area contributed by atoms with Crippen LogP contribution in [0.25, 0.3) is 0 Å². The van der Waals surface area contributed by atoms with Gasteiger partial charge in [0, 0.05) is 12.6 Å². The Morgan fingerprint density at radius 1 is 1.64 bits per heavy atom. The monoisotopic (exact) mass is 194 g/mol. The molecular weight excluding hydrogens is 176 g/mol. The Hall–Kier alpha value is -1.17. The van der Waals surface area contributed by atoms with Crippen LogP contribution in [-0.4, -0.2) is 30.1 Å². The summed E-state index contributed by atoms with van der Waals surface area (Å²) in [5, 5.41) is 2.98. The fourth-order valence-corrected chi connectivity index (χ4v) is 1.45. The molecule has 0 heterocycles. The Morgan fingerprint density at radius 2 is 2.36 bits per heavy atom. The van der Waals surface area contributed by atoms with Crippen LogP contribution < -0.4 is 5.32 Å². The summed E-state index contributed by atoms with van der Waals surface area (Å²) < 4.78 is 0. The number of hydrogen-bond donors (Lipinski definition) is 1. The minimum Gasteiger partial charge on any atom is -0.335 e. The third-order valence-corrected chi connectivity index (χ3v) is 2.50. The first kappa shape index (κ1) is 10.9. The number of nitrogens with one attached hydrogen (secondary N) is 1. The van der Waals surface area contributed by atoms with Gasteiger partial charge in [-0.25, -0.2) is 4.79 Å². The average Bonchev–Trinajstić information content (AvgIpc) is 2.11. The average molecular weight is 194 g/mol. The van der Waals surface area contributed by atoms with Gasteiger partial charge >= 0.3 is 6.03 Å². The zero-order chi connectivity index (χ0) is 10.4. The molecule has 0 bridgehead atoms. The molecule has 3 nitrogen and oxygen atoms in total. The first-order valence-electron chi connectivity index (χ1n) is 5.26. The highest BCUT2D eigenvalue weighted by atomic mass is 16.2. The van der Waals surface area contributed by atoms with E-state index in [2.05, 4.69) is 11.2 Å². The SMILES string of the molecule is C#CCN(CCC)C(=O)NC1CCC1. The van der Waals surface area contributed by atoms with Crippen molar-refractivity contribution in [2.24, 2.45) is 0 Å². The lowest BCUT2D eigenvalue weighted by molar-refractivity contribution is 0.192. The van der Waals surface area contributed by atoms with E-state index in [0.717, 1.165) is 25.8 Å². The summed E-state index contributed by atoms with van der Waals surface area (Å²) in [5.41, 5.74) is 0. The normalized spacial score (nSPS) is 15.4. The molecule has 0 unspecified atom stereocenters. The Balaban J connectivity index is 2.33. The molecule has 0 radical (unpaired) electrons. The molecule has 0 spiro atoms. The Morgan fingerprint density at radius 3 is 2.79 bits per heavy atom. The fraction of sp³-hybridized carbons (Fsp3) is 0.727. The maximum atomic E-state index is 11.6. The number of amides is 2. The number of hydrogen-bond acceptors (Lipinski definition) is 1. The van der Waals surface area contributed by atoms with Crippen LogP contribution in [0, 0.1) is 12.3 Å².